The molecule has 1 aromatic heterocycles. The second-order valence-electron chi connectivity index (χ2n) is 8.29. The topological polar surface area (TPSA) is 64.3 Å². The fraction of sp³-hybridized carbons (Fsp3) is 0.636. The van der Waals surface area contributed by atoms with Crippen molar-refractivity contribution in [2.24, 2.45) is 5.92 Å². The first-order chi connectivity index (χ1) is 13.7. The molecule has 6 heteroatoms. The predicted molar refractivity (Wildman–Crippen MR) is 108 cm³/mol. The van der Waals surface area contributed by atoms with Crippen molar-refractivity contribution in [1.29, 1.82) is 0 Å². The molecule has 0 aromatic carbocycles. The summed E-state index contributed by atoms with van der Waals surface area (Å²) in [6.07, 6.45) is 14.7. The van der Waals surface area contributed by atoms with Crippen LogP contribution in [-0.2, 0) is 9.53 Å². The molecule has 2 fully saturated rings. The maximum Gasteiger partial charge on any atom is 0.152 e. The standard InChI is InChI=1S/C22H29ClN2O3/c23-19-9-10-21(18(13-26)22(19)27)28-14-15-5-1-4-8-17(15)20-11-12-24-25(20)16-6-2-3-7-16/h9-13,15-17,19,22,27H,1-8,14H2. The summed E-state index contributed by atoms with van der Waals surface area (Å²) >= 11 is 6.03. The van der Waals surface area contributed by atoms with Gasteiger partial charge in [0.05, 0.1) is 23.6 Å². The number of aliphatic hydroxyl groups is 1. The molecule has 152 valence electrons. The molecule has 3 aliphatic carbocycles. The van der Waals surface area contributed by atoms with E-state index in [4.69, 9.17) is 16.3 Å². The van der Waals surface area contributed by atoms with E-state index in [1.165, 1.54) is 44.2 Å². The zero-order valence-corrected chi connectivity index (χ0v) is 16.9. The van der Waals surface area contributed by atoms with Crippen molar-refractivity contribution in [3.8, 4) is 0 Å². The third-order valence-electron chi connectivity index (χ3n) is 6.58. The van der Waals surface area contributed by atoms with Crippen molar-refractivity contribution in [1.82, 2.24) is 9.78 Å². The van der Waals surface area contributed by atoms with Crippen LogP contribution in [0.1, 0.15) is 69.0 Å². The number of hydrogen-bond acceptors (Lipinski definition) is 4. The SMILES string of the molecule is O=CC1=C(OCC2CCCCC2c2ccnn2C2CCCC2)C=CC(Cl)C1O. The lowest BCUT2D eigenvalue weighted by Crippen LogP contribution is -2.29. The smallest absolute Gasteiger partial charge is 0.152 e. The summed E-state index contributed by atoms with van der Waals surface area (Å²) in [7, 11) is 0. The lowest BCUT2D eigenvalue weighted by atomic mass is 9.77. The first-order valence-electron chi connectivity index (χ1n) is 10.5. The van der Waals surface area contributed by atoms with Crippen LogP contribution in [0.4, 0.5) is 0 Å². The lowest BCUT2D eigenvalue weighted by Gasteiger charge is -2.33. The number of nitrogens with zero attached hydrogens (tertiary/aromatic N) is 2. The molecule has 4 atom stereocenters. The van der Waals surface area contributed by atoms with E-state index in [2.05, 4.69) is 15.8 Å². The van der Waals surface area contributed by atoms with Crippen molar-refractivity contribution in [2.75, 3.05) is 6.61 Å². The van der Waals surface area contributed by atoms with Crippen LogP contribution in [0.15, 0.2) is 35.7 Å². The van der Waals surface area contributed by atoms with E-state index in [0.717, 1.165) is 12.8 Å². The summed E-state index contributed by atoms with van der Waals surface area (Å²) in [5.74, 6) is 1.26. The molecule has 4 unspecified atom stereocenters. The highest BCUT2D eigenvalue weighted by Crippen LogP contribution is 2.41. The minimum atomic E-state index is -1.01. The summed E-state index contributed by atoms with van der Waals surface area (Å²) in [5.41, 5.74) is 1.58. The van der Waals surface area contributed by atoms with Crippen LogP contribution in [0.5, 0.6) is 0 Å². The van der Waals surface area contributed by atoms with E-state index >= 15 is 0 Å². The van der Waals surface area contributed by atoms with Crippen LogP contribution in [0, 0.1) is 5.92 Å². The number of halogens is 1. The van der Waals surface area contributed by atoms with Gasteiger partial charge in [0.15, 0.2) is 6.29 Å². The van der Waals surface area contributed by atoms with Gasteiger partial charge in [-0.3, -0.25) is 9.48 Å². The fourth-order valence-electron chi connectivity index (χ4n) is 5.02. The molecule has 0 amide bonds. The Labute approximate surface area is 171 Å². The number of hydrogen-bond donors (Lipinski definition) is 1. The lowest BCUT2D eigenvalue weighted by molar-refractivity contribution is -0.106. The highest BCUT2D eigenvalue weighted by molar-refractivity contribution is 6.22. The zero-order valence-electron chi connectivity index (χ0n) is 16.2. The molecule has 1 heterocycles. The molecule has 0 spiro atoms. The van der Waals surface area contributed by atoms with Gasteiger partial charge in [0, 0.05) is 23.7 Å². The Bertz CT molecular complexity index is 751. The Morgan fingerprint density at radius 2 is 1.96 bits per heavy atom. The van der Waals surface area contributed by atoms with Crippen LogP contribution in [0.2, 0.25) is 0 Å². The number of aliphatic hydroxyl groups excluding tert-OH is 1. The number of ether oxygens (including phenoxy) is 1. The molecule has 1 N–H and O–H groups in total. The second-order valence-corrected chi connectivity index (χ2v) is 8.79. The van der Waals surface area contributed by atoms with Crippen LogP contribution >= 0.6 is 11.6 Å². The summed E-state index contributed by atoms with van der Waals surface area (Å²) in [4.78, 5) is 11.4. The maximum absolute atomic E-state index is 11.4. The molecule has 2 saturated carbocycles. The first kappa shape index (κ1) is 19.7. The number of aromatic nitrogens is 2. The summed E-state index contributed by atoms with van der Waals surface area (Å²) < 4.78 is 8.32. The number of allylic oxidation sites excluding steroid dienone is 1. The van der Waals surface area contributed by atoms with Crippen LogP contribution < -0.4 is 0 Å². The number of aldehydes is 1. The molecular weight excluding hydrogens is 376 g/mol. The Hall–Kier alpha value is -1.59. The summed E-state index contributed by atoms with van der Waals surface area (Å²) in [5, 5.41) is 14.2. The van der Waals surface area contributed by atoms with Crippen molar-refractivity contribution >= 4 is 17.9 Å². The van der Waals surface area contributed by atoms with Crippen molar-refractivity contribution in [3.63, 3.8) is 0 Å². The van der Waals surface area contributed by atoms with Gasteiger partial charge >= 0.3 is 0 Å². The van der Waals surface area contributed by atoms with Crippen LogP contribution in [-0.4, -0.2) is 39.3 Å². The van der Waals surface area contributed by atoms with Gasteiger partial charge in [-0.1, -0.05) is 31.8 Å². The van der Waals surface area contributed by atoms with Gasteiger partial charge in [0.1, 0.15) is 11.9 Å². The van der Waals surface area contributed by atoms with Crippen LogP contribution in [0.25, 0.3) is 0 Å². The van der Waals surface area contributed by atoms with Gasteiger partial charge in [0.25, 0.3) is 0 Å². The van der Waals surface area contributed by atoms with Crippen molar-refractivity contribution in [3.05, 3.63) is 41.4 Å². The molecule has 4 rings (SSSR count). The molecule has 0 saturated heterocycles. The zero-order chi connectivity index (χ0) is 19.5. The third-order valence-corrected chi connectivity index (χ3v) is 6.96. The minimum absolute atomic E-state index is 0.242. The van der Waals surface area contributed by atoms with Gasteiger partial charge in [-0.05, 0) is 37.8 Å². The Kier molecular flexibility index (Phi) is 6.22. The van der Waals surface area contributed by atoms with E-state index in [0.29, 0.717) is 36.5 Å². The van der Waals surface area contributed by atoms with Crippen molar-refractivity contribution < 1.29 is 14.6 Å². The van der Waals surface area contributed by atoms with Crippen molar-refractivity contribution in [2.45, 2.75) is 74.8 Å². The maximum atomic E-state index is 11.4. The molecule has 0 bridgehead atoms. The average Bonchev–Trinajstić information content (AvgIpc) is 3.40. The number of alkyl halides is 1. The number of rotatable bonds is 6. The quantitative estimate of drug-likeness (QED) is 0.567. The highest BCUT2D eigenvalue weighted by Gasteiger charge is 2.32. The molecule has 5 nitrogen and oxygen atoms in total. The number of carbonyl (C=O) groups excluding carboxylic acids is 1. The van der Waals surface area contributed by atoms with E-state index in [9.17, 15) is 9.90 Å². The van der Waals surface area contributed by atoms with E-state index in [1.807, 2.05) is 6.20 Å². The largest absolute Gasteiger partial charge is 0.493 e. The normalized spacial score (nSPS) is 31.4. The van der Waals surface area contributed by atoms with E-state index in [1.54, 1.807) is 12.2 Å². The minimum Gasteiger partial charge on any atom is -0.493 e. The van der Waals surface area contributed by atoms with Crippen LogP contribution in [0.3, 0.4) is 0 Å². The van der Waals surface area contributed by atoms with Gasteiger partial charge in [-0.15, -0.1) is 11.6 Å². The second kappa shape index (κ2) is 8.83. The molecule has 3 aliphatic rings. The number of carbonyl (C=O) groups is 1. The molecule has 0 radical (unpaired) electrons. The monoisotopic (exact) mass is 404 g/mol. The molecular formula is C22H29ClN2O3. The summed E-state index contributed by atoms with van der Waals surface area (Å²) in [6, 6.07) is 2.72. The van der Waals surface area contributed by atoms with Gasteiger partial charge in [0.2, 0.25) is 0 Å². The Morgan fingerprint density at radius 1 is 1.21 bits per heavy atom. The Balaban J connectivity index is 1.50. The molecule has 0 aliphatic heterocycles. The highest BCUT2D eigenvalue weighted by atomic mass is 35.5. The average molecular weight is 405 g/mol. The molecule has 1 aromatic rings. The van der Waals surface area contributed by atoms with Gasteiger partial charge < -0.3 is 9.84 Å². The first-order valence-corrected chi connectivity index (χ1v) is 11.0. The van der Waals surface area contributed by atoms with E-state index in [-0.39, 0.29) is 5.57 Å². The van der Waals surface area contributed by atoms with Gasteiger partial charge in [-0.25, -0.2) is 0 Å². The van der Waals surface area contributed by atoms with E-state index < -0.39 is 11.5 Å². The summed E-state index contributed by atoms with van der Waals surface area (Å²) in [6.45, 7) is 0.539. The molecule has 28 heavy (non-hydrogen) atoms. The fourth-order valence-corrected chi connectivity index (χ4v) is 5.23. The van der Waals surface area contributed by atoms with Gasteiger partial charge in [-0.2, -0.15) is 5.10 Å². The Morgan fingerprint density at radius 3 is 2.75 bits per heavy atom. The third kappa shape index (κ3) is 3.92. The predicted octanol–water partition coefficient (Wildman–Crippen LogP) is 4.28.